The van der Waals surface area contributed by atoms with Crippen LogP contribution in [-0.4, -0.2) is 29.1 Å². The van der Waals surface area contributed by atoms with Crippen LogP contribution in [0.25, 0.3) is 0 Å². The smallest absolute Gasteiger partial charge is 0.329 e. The van der Waals surface area contributed by atoms with Crippen LogP contribution in [0.1, 0.15) is 31.4 Å². The van der Waals surface area contributed by atoms with Crippen molar-refractivity contribution in [3.05, 3.63) is 30.1 Å². The van der Waals surface area contributed by atoms with Gasteiger partial charge < -0.3 is 5.32 Å². The maximum Gasteiger partial charge on any atom is 0.329 e. The van der Waals surface area contributed by atoms with Crippen LogP contribution in [-0.2, 0) is 9.59 Å². The molecule has 0 aliphatic heterocycles. The summed E-state index contributed by atoms with van der Waals surface area (Å²) in [5, 5.41) is 6.38. The summed E-state index contributed by atoms with van der Waals surface area (Å²) in [6.07, 6.45) is 7.10. The van der Waals surface area contributed by atoms with Crippen LogP contribution in [0.3, 0.4) is 0 Å². The zero-order valence-corrected chi connectivity index (χ0v) is 10.5. The number of nitrogens with zero attached hydrogens (tertiary/aromatic N) is 2. The van der Waals surface area contributed by atoms with Gasteiger partial charge in [0.1, 0.15) is 0 Å². The molecule has 1 aliphatic rings. The van der Waals surface area contributed by atoms with Crippen LogP contribution in [0.15, 0.2) is 29.5 Å². The molecule has 0 atom stereocenters. The molecule has 100 valence electrons. The van der Waals surface area contributed by atoms with Gasteiger partial charge in [0.15, 0.2) is 0 Å². The molecule has 0 aromatic carbocycles. The summed E-state index contributed by atoms with van der Waals surface area (Å²) in [7, 11) is 0. The summed E-state index contributed by atoms with van der Waals surface area (Å²) in [5.41, 5.74) is 2.79. The number of hydrogen-bond donors (Lipinski definition) is 2. The molecule has 1 saturated carbocycles. The highest BCUT2D eigenvalue weighted by Crippen LogP contribution is 2.17. The molecule has 0 unspecified atom stereocenters. The fraction of sp³-hybridized carbons (Fsp3) is 0.385. The Balaban J connectivity index is 1.77. The van der Waals surface area contributed by atoms with Gasteiger partial charge >= 0.3 is 11.8 Å². The molecule has 0 radical (unpaired) electrons. The Morgan fingerprint density at radius 2 is 2.05 bits per heavy atom. The highest BCUT2D eigenvalue weighted by Gasteiger charge is 2.20. The Bertz CT molecular complexity index is 467. The molecule has 6 nitrogen and oxygen atoms in total. The van der Waals surface area contributed by atoms with Crippen LogP contribution in [0.2, 0.25) is 0 Å². The highest BCUT2D eigenvalue weighted by atomic mass is 16.2. The Labute approximate surface area is 111 Å². The number of rotatable bonds is 3. The van der Waals surface area contributed by atoms with E-state index in [1.165, 1.54) is 6.21 Å². The molecular weight excluding hydrogens is 244 g/mol. The SMILES string of the molecule is O=C(N/N=C\c1ccccn1)C(=O)NC1CCCC1. The van der Waals surface area contributed by atoms with Crippen molar-refractivity contribution in [1.82, 2.24) is 15.7 Å². The van der Waals surface area contributed by atoms with Crippen LogP contribution < -0.4 is 10.7 Å². The van der Waals surface area contributed by atoms with Crippen LogP contribution in [0.4, 0.5) is 0 Å². The van der Waals surface area contributed by atoms with Crippen molar-refractivity contribution in [2.45, 2.75) is 31.7 Å². The molecule has 0 saturated heterocycles. The van der Waals surface area contributed by atoms with Gasteiger partial charge in [-0.2, -0.15) is 5.10 Å². The van der Waals surface area contributed by atoms with E-state index in [2.05, 4.69) is 20.8 Å². The predicted octanol–water partition coefficient (Wildman–Crippen LogP) is 0.590. The fourth-order valence-corrected chi connectivity index (χ4v) is 1.98. The van der Waals surface area contributed by atoms with E-state index < -0.39 is 11.8 Å². The average Bonchev–Trinajstić information content (AvgIpc) is 2.92. The van der Waals surface area contributed by atoms with Crippen molar-refractivity contribution < 1.29 is 9.59 Å². The Morgan fingerprint density at radius 3 is 2.74 bits per heavy atom. The molecule has 1 aromatic heterocycles. The van der Waals surface area contributed by atoms with E-state index >= 15 is 0 Å². The lowest BCUT2D eigenvalue weighted by Gasteiger charge is -2.10. The average molecular weight is 260 g/mol. The maximum absolute atomic E-state index is 11.5. The molecule has 1 heterocycles. The summed E-state index contributed by atoms with van der Waals surface area (Å²) < 4.78 is 0. The minimum atomic E-state index is -0.751. The molecule has 2 N–H and O–H groups in total. The topological polar surface area (TPSA) is 83.5 Å². The molecular formula is C13H16N4O2. The first-order valence-corrected chi connectivity index (χ1v) is 6.30. The maximum atomic E-state index is 11.5. The summed E-state index contributed by atoms with van der Waals surface area (Å²) in [6, 6.07) is 5.46. The standard InChI is InChI=1S/C13H16N4O2/c18-12(16-10-5-1-2-6-10)13(19)17-15-9-11-7-3-4-8-14-11/h3-4,7-10H,1-2,5-6H2,(H,16,18)(H,17,19)/b15-9-. The summed E-state index contributed by atoms with van der Waals surface area (Å²) in [5.74, 6) is -1.39. The van der Waals surface area contributed by atoms with Crippen LogP contribution in [0, 0.1) is 0 Å². The largest absolute Gasteiger partial charge is 0.345 e. The lowest BCUT2D eigenvalue weighted by atomic mass is 10.2. The third-order valence-electron chi connectivity index (χ3n) is 2.95. The Morgan fingerprint density at radius 1 is 1.26 bits per heavy atom. The minimum absolute atomic E-state index is 0.123. The first-order valence-electron chi connectivity index (χ1n) is 6.30. The Hall–Kier alpha value is -2.24. The molecule has 0 bridgehead atoms. The van der Waals surface area contributed by atoms with E-state index in [0.29, 0.717) is 5.69 Å². The van der Waals surface area contributed by atoms with Crippen LogP contribution in [0.5, 0.6) is 0 Å². The number of aromatic nitrogens is 1. The van der Waals surface area contributed by atoms with Crippen molar-refractivity contribution in [3.63, 3.8) is 0 Å². The van der Waals surface area contributed by atoms with E-state index in [0.717, 1.165) is 25.7 Å². The third kappa shape index (κ3) is 4.17. The van der Waals surface area contributed by atoms with Crippen molar-refractivity contribution in [2.24, 2.45) is 5.10 Å². The second-order valence-electron chi connectivity index (χ2n) is 4.41. The monoisotopic (exact) mass is 260 g/mol. The van der Waals surface area contributed by atoms with Crippen LogP contribution >= 0.6 is 0 Å². The van der Waals surface area contributed by atoms with Gasteiger partial charge in [0, 0.05) is 12.2 Å². The van der Waals surface area contributed by atoms with Crippen molar-refractivity contribution in [1.29, 1.82) is 0 Å². The van der Waals surface area contributed by atoms with Crippen molar-refractivity contribution in [2.75, 3.05) is 0 Å². The van der Waals surface area contributed by atoms with Gasteiger partial charge in [0.2, 0.25) is 0 Å². The van der Waals surface area contributed by atoms with Crippen molar-refractivity contribution in [3.8, 4) is 0 Å². The van der Waals surface area contributed by atoms with E-state index in [1.54, 1.807) is 18.3 Å². The van der Waals surface area contributed by atoms with Gasteiger partial charge in [-0.25, -0.2) is 5.43 Å². The summed E-state index contributed by atoms with van der Waals surface area (Å²) >= 11 is 0. The minimum Gasteiger partial charge on any atom is -0.345 e. The van der Waals surface area contributed by atoms with Gasteiger partial charge in [0.05, 0.1) is 11.9 Å². The Kier molecular flexibility index (Phi) is 4.60. The lowest BCUT2D eigenvalue weighted by molar-refractivity contribution is -0.139. The number of hydrazone groups is 1. The predicted molar refractivity (Wildman–Crippen MR) is 70.4 cm³/mol. The summed E-state index contributed by atoms with van der Waals surface area (Å²) in [4.78, 5) is 27.0. The van der Waals surface area contributed by atoms with E-state index in [9.17, 15) is 9.59 Å². The van der Waals surface area contributed by atoms with Crippen molar-refractivity contribution >= 4 is 18.0 Å². The van der Waals surface area contributed by atoms with E-state index in [-0.39, 0.29) is 6.04 Å². The number of carbonyl (C=O) groups is 2. The van der Waals surface area contributed by atoms with Gasteiger partial charge in [-0.3, -0.25) is 14.6 Å². The first kappa shape index (κ1) is 13.2. The lowest BCUT2D eigenvalue weighted by Crippen LogP contribution is -2.42. The van der Waals surface area contributed by atoms with Gasteiger partial charge in [-0.05, 0) is 25.0 Å². The number of hydrogen-bond acceptors (Lipinski definition) is 4. The van der Waals surface area contributed by atoms with E-state index in [4.69, 9.17) is 0 Å². The second-order valence-corrected chi connectivity index (χ2v) is 4.41. The quantitative estimate of drug-likeness (QED) is 0.474. The zero-order valence-electron chi connectivity index (χ0n) is 10.5. The molecule has 2 amide bonds. The number of amides is 2. The molecule has 2 rings (SSSR count). The molecule has 1 fully saturated rings. The number of pyridine rings is 1. The first-order chi connectivity index (χ1) is 9.25. The number of carbonyl (C=O) groups excluding carboxylic acids is 2. The van der Waals surface area contributed by atoms with E-state index in [1.807, 2.05) is 6.07 Å². The van der Waals surface area contributed by atoms with Gasteiger partial charge in [-0.15, -0.1) is 0 Å². The summed E-state index contributed by atoms with van der Waals surface area (Å²) in [6.45, 7) is 0. The normalized spacial score (nSPS) is 15.6. The molecule has 1 aromatic rings. The molecule has 6 heteroatoms. The van der Waals surface area contributed by atoms with Gasteiger partial charge in [-0.1, -0.05) is 18.9 Å². The molecule has 0 spiro atoms. The highest BCUT2D eigenvalue weighted by molar-refractivity contribution is 6.35. The number of nitrogens with one attached hydrogen (secondary N) is 2. The molecule has 1 aliphatic carbocycles. The second kappa shape index (κ2) is 6.63. The third-order valence-corrected chi connectivity index (χ3v) is 2.95. The fourth-order valence-electron chi connectivity index (χ4n) is 1.98. The zero-order chi connectivity index (χ0) is 13.5. The van der Waals surface area contributed by atoms with Gasteiger partial charge in [0.25, 0.3) is 0 Å². The molecule has 19 heavy (non-hydrogen) atoms.